The Kier molecular flexibility index (Phi) is 5.86. The lowest BCUT2D eigenvalue weighted by molar-refractivity contribution is -0.123. The third kappa shape index (κ3) is 4.17. The molecular formula is C22H22FN3O4. The van der Waals surface area contributed by atoms with Gasteiger partial charge in [0.2, 0.25) is 0 Å². The molecule has 8 heteroatoms. The molecule has 0 saturated heterocycles. The fourth-order valence-electron chi connectivity index (χ4n) is 2.88. The summed E-state index contributed by atoms with van der Waals surface area (Å²) in [6.07, 6.45) is 0. The molecule has 1 heterocycles. The number of hydrogen-bond donors (Lipinski definition) is 1. The maximum absolute atomic E-state index is 13.2. The van der Waals surface area contributed by atoms with Crippen molar-refractivity contribution in [1.82, 2.24) is 9.78 Å². The highest BCUT2D eigenvalue weighted by Gasteiger charge is 2.32. The zero-order valence-corrected chi connectivity index (χ0v) is 17.1. The van der Waals surface area contributed by atoms with Crippen LogP contribution in [0, 0.1) is 5.82 Å². The molecule has 7 nitrogen and oxygen atoms in total. The Balaban J connectivity index is 1.92. The molecule has 0 radical (unpaired) electrons. The maximum Gasteiger partial charge on any atom is 0.267 e. The lowest BCUT2D eigenvalue weighted by Gasteiger charge is -2.25. The second-order valence-electron chi connectivity index (χ2n) is 7.06. The minimum Gasteiger partial charge on any atom is -0.493 e. The number of amides is 1. The van der Waals surface area contributed by atoms with Gasteiger partial charge in [0.05, 0.1) is 19.9 Å². The third-order valence-corrected chi connectivity index (χ3v) is 4.67. The van der Waals surface area contributed by atoms with Crippen molar-refractivity contribution in [3.63, 3.8) is 0 Å². The highest BCUT2D eigenvalue weighted by Crippen LogP contribution is 2.30. The smallest absolute Gasteiger partial charge is 0.267 e. The Morgan fingerprint density at radius 1 is 1.00 bits per heavy atom. The van der Waals surface area contributed by atoms with E-state index >= 15 is 0 Å². The van der Waals surface area contributed by atoms with E-state index in [1.165, 1.54) is 38.5 Å². The first-order valence-corrected chi connectivity index (χ1v) is 9.16. The molecular weight excluding hydrogens is 389 g/mol. The number of nitrogens with zero attached hydrogens (tertiary/aromatic N) is 2. The predicted octanol–water partition coefficient (Wildman–Crippen LogP) is 3.44. The number of nitrogens with one attached hydrogen (secondary N) is 1. The topological polar surface area (TPSA) is 82.5 Å². The van der Waals surface area contributed by atoms with Gasteiger partial charge in [0.1, 0.15) is 11.4 Å². The maximum atomic E-state index is 13.2. The first-order chi connectivity index (χ1) is 14.3. The summed E-state index contributed by atoms with van der Waals surface area (Å²) in [6, 6.07) is 13.6. The summed E-state index contributed by atoms with van der Waals surface area (Å²) in [6.45, 7) is 3.18. The van der Waals surface area contributed by atoms with Gasteiger partial charge < -0.3 is 14.8 Å². The van der Waals surface area contributed by atoms with Gasteiger partial charge in [0, 0.05) is 23.4 Å². The van der Waals surface area contributed by atoms with E-state index in [2.05, 4.69) is 10.4 Å². The number of rotatable bonds is 6. The number of ether oxygens (including phenoxy) is 2. The molecule has 1 amide bonds. The highest BCUT2D eigenvalue weighted by atomic mass is 19.1. The summed E-state index contributed by atoms with van der Waals surface area (Å²) < 4.78 is 24.8. The number of carbonyl (C=O) groups is 1. The number of halogens is 1. The standard InChI is InChI=1S/C22H22FN3O4/c1-22(2,21(28)24-16-9-11-18(29-3)19(13-16)30-4)26-20(27)12-10-17(25-26)14-5-7-15(23)8-6-14/h5-13H,1-4H3,(H,24,28). The Bertz CT molecular complexity index is 1120. The summed E-state index contributed by atoms with van der Waals surface area (Å²) in [5.74, 6) is 0.170. The summed E-state index contributed by atoms with van der Waals surface area (Å²) in [5, 5.41) is 7.12. The predicted molar refractivity (Wildman–Crippen MR) is 111 cm³/mol. The Labute approximate surface area is 173 Å². The molecule has 0 saturated carbocycles. The second-order valence-corrected chi connectivity index (χ2v) is 7.06. The first-order valence-electron chi connectivity index (χ1n) is 9.16. The molecule has 0 aliphatic rings. The van der Waals surface area contributed by atoms with Gasteiger partial charge in [0.25, 0.3) is 11.5 Å². The molecule has 3 aromatic rings. The Morgan fingerprint density at radius 2 is 1.67 bits per heavy atom. The monoisotopic (exact) mass is 411 g/mol. The SMILES string of the molecule is COc1ccc(NC(=O)C(C)(C)n2nc(-c3ccc(F)cc3)ccc2=O)cc1OC. The summed E-state index contributed by atoms with van der Waals surface area (Å²) in [4.78, 5) is 25.5. The van der Waals surface area contributed by atoms with Gasteiger partial charge in [-0.2, -0.15) is 5.10 Å². The summed E-state index contributed by atoms with van der Waals surface area (Å²) in [5.41, 5.74) is -0.190. The van der Waals surface area contributed by atoms with Crippen molar-refractivity contribution in [3.05, 3.63) is 70.8 Å². The number of methoxy groups -OCH3 is 2. The van der Waals surface area contributed by atoms with Crippen molar-refractivity contribution >= 4 is 11.6 Å². The quantitative estimate of drug-likeness (QED) is 0.672. The summed E-state index contributed by atoms with van der Waals surface area (Å²) >= 11 is 0. The van der Waals surface area contributed by atoms with Crippen LogP contribution in [0.5, 0.6) is 11.5 Å². The molecule has 2 aromatic carbocycles. The normalized spacial score (nSPS) is 11.1. The first kappa shape index (κ1) is 21.0. The molecule has 0 spiro atoms. The zero-order chi connectivity index (χ0) is 21.9. The van der Waals surface area contributed by atoms with Crippen LogP contribution in [-0.4, -0.2) is 29.9 Å². The fourth-order valence-corrected chi connectivity index (χ4v) is 2.88. The molecule has 0 fully saturated rings. The van der Waals surface area contributed by atoms with E-state index < -0.39 is 17.0 Å². The van der Waals surface area contributed by atoms with Crippen molar-refractivity contribution in [2.24, 2.45) is 0 Å². The van der Waals surface area contributed by atoms with Crippen molar-refractivity contribution in [3.8, 4) is 22.8 Å². The average Bonchev–Trinajstić information content (AvgIpc) is 2.74. The lowest BCUT2D eigenvalue weighted by atomic mass is 10.0. The van der Waals surface area contributed by atoms with Crippen LogP contribution in [0.15, 0.2) is 59.4 Å². The van der Waals surface area contributed by atoms with Gasteiger partial charge in [-0.25, -0.2) is 9.07 Å². The van der Waals surface area contributed by atoms with E-state index in [9.17, 15) is 14.0 Å². The largest absolute Gasteiger partial charge is 0.493 e. The van der Waals surface area contributed by atoms with Crippen LogP contribution < -0.4 is 20.3 Å². The summed E-state index contributed by atoms with van der Waals surface area (Å²) in [7, 11) is 3.02. The van der Waals surface area contributed by atoms with E-state index in [4.69, 9.17) is 9.47 Å². The van der Waals surface area contributed by atoms with Gasteiger partial charge in [-0.05, 0) is 56.3 Å². The van der Waals surface area contributed by atoms with Gasteiger partial charge in [-0.15, -0.1) is 0 Å². The van der Waals surface area contributed by atoms with E-state index in [0.717, 1.165) is 4.68 Å². The number of hydrogen-bond acceptors (Lipinski definition) is 5. The average molecular weight is 411 g/mol. The van der Waals surface area contributed by atoms with Gasteiger partial charge >= 0.3 is 0 Å². The van der Waals surface area contributed by atoms with Gasteiger partial charge in [0.15, 0.2) is 11.5 Å². The van der Waals surface area contributed by atoms with Crippen molar-refractivity contribution in [2.75, 3.05) is 19.5 Å². The van der Waals surface area contributed by atoms with Gasteiger partial charge in [-0.1, -0.05) is 0 Å². The van der Waals surface area contributed by atoms with E-state index in [1.54, 1.807) is 44.2 Å². The molecule has 1 N–H and O–H groups in total. The molecule has 0 aliphatic carbocycles. The van der Waals surface area contributed by atoms with Crippen LogP contribution in [0.25, 0.3) is 11.3 Å². The molecule has 0 aliphatic heterocycles. The zero-order valence-electron chi connectivity index (χ0n) is 17.1. The van der Waals surface area contributed by atoms with Crippen molar-refractivity contribution in [2.45, 2.75) is 19.4 Å². The molecule has 3 rings (SSSR count). The molecule has 1 aromatic heterocycles. The molecule has 0 unspecified atom stereocenters. The fraction of sp³-hybridized carbons (Fsp3) is 0.227. The third-order valence-electron chi connectivity index (χ3n) is 4.67. The van der Waals surface area contributed by atoms with E-state index in [-0.39, 0.29) is 5.82 Å². The lowest BCUT2D eigenvalue weighted by Crippen LogP contribution is -2.47. The van der Waals surface area contributed by atoms with Crippen molar-refractivity contribution in [1.29, 1.82) is 0 Å². The molecule has 30 heavy (non-hydrogen) atoms. The van der Waals surface area contributed by atoms with E-state index in [1.807, 2.05) is 0 Å². The Hall–Kier alpha value is -3.68. The molecule has 156 valence electrons. The number of benzene rings is 2. The van der Waals surface area contributed by atoms with Crippen LogP contribution in [0.4, 0.5) is 10.1 Å². The number of carbonyl (C=O) groups excluding carboxylic acids is 1. The highest BCUT2D eigenvalue weighted by molar-refractivity contribution is 5.96. The molecule has 0 bridgehead atoms. The van der Waals surface area contributed by atoms with Crippen LogP contribution in [0.2, 0.25) is 0 Å². The minimum atomic E-state index is -1.31. The minimum absolute atomic E-state index is 0.373. The molecule has 0 atom stereocenters. The Morgan fingerprint density at radius 3 is 2.30 bits per heavy atom. The number of aromatic nitrogens is 2. The van der Waals surface area contributed by atoms with Gasteiger partial charge in [-0.3, -0.25) is 9.59 Å². The van der Waals surface area contributed by atoms with E-state index in [0.29, 0.717) is 28.4 Å². The number of anilines is 1. The van der Waals surface area contributed by atoms with Crippen LogP contribution in [0.1, 0.15) is 13.8 Å². The second kappa shape index (κ2) is 8.36. The van der Waals surface area contributed by atoms with Crippen LogP contribution in [-0.2, 0) is 10.3 Å². The van der Waals surface area contributed by atoms with Crippen LogP contribution in [0.3, 0.4) is 0 Å². The van der Waals surface area contributed by atoms with Crippen LogP contribution >= 0.6 is 0 Å². The van der Waals surface area contributed by atoms with Crippen molar-refractivity contribution < 1.29 is 18.7 Å².